The number of aromatic nitrogens is 3. The maximum atomic E-state index is 5.97. The third-order valence-corrected chi connectivity index (χ3v) is 4.31. The largest absolute Gasteiger partial charge is 0.370 e. The van der Waals surface area contributed by atoms with Crippen molar-refractivity contribution in [2.45, 2.75) is 58.9 Å². The van der Waals surface area contributed by atoms with Crippen molar-refractivity contribution in [2.75, 3.05) is 5.32 Å². The molecule has 126 valence electrons. The number of unbranched alkanes of at least 4 members (excludes halogenated alkanes) is 3. The Hall–Kier alpha value is -1.89. The number of nitrogens with two attached hydrogens (primary N) is 1. The highest BCUT2D eigenvalue weighted by atomic mass is 32.1. The molecule has 23 heavy (non-hydrogen) atoms. The predicted molar refractivity (Wildman–Crippen MR) is 97.9 cm³/mol. The molecule has 0 bridgehead atoms. The summed E-state index contributed by atoms with van der Waals surface area (Å²) in [7, 11) is 0. The van der Waals surface area contributed by atoms with Crippen LogP contribution in [0.2, 0.25) is 0 Å². The highest BCUT2D eigenvalue weighted by Gasteiger charge is 2.08. The van der Waals surface area contributed by atoms with E-state index in [0.717, 1.165) is 28.8 Å². The van der Waals surface area contributed by atoms with Crippen molar-refractivity contribution in [1.82, 2.24) is 15.0 Å². The molecule has 0 radical (unpaired) electrons. The molecule has 2 rings (SSSR count). The van der Waals surface area contributed by atoms with Crippen LogP contribution in [0.3, 0.4) is 0 Å². The minimum Gasteiger partial charge on any atom is -0.370 e. The zero-order valence-electron chi connectivity index (χ0n) is 14.1. The predicted octanol–water partition coefficient (Wildman–Crippen LogP) is 3.93. The molecule has 0 aliphatic carbocycles. The third kappa shape index (κ3) is 5.67. The van der Waals surface area contributed by atoms with Gasteiger partial charge >= 0.3 is 0 Å². The molecule has 1 atom stereocenters. The van der Waals surface area contributed by atoms with Crippen LogP contribution in [0.1, 0.15) is 51.8 Å². The van der Waals surface area contributed by atoms with Gasteiger partial charge in [0, 0.05) is 5.38 Å². The molecule has 0 saturated carbocycles. The number of imidazole rings is 1. The molecule has 0 aliphatic heterocycles. The van der Waals surface area contributed by atoms with Gasteiger partial charge in [-0.3, -0.25) is 4.99 Å². The van der Waals surface area contributed by atoms with E-state index in [4.69, 9.17) is 5.73 Å². The van der Waals surface area contributed by atoms with E-state index in [2.05, 4.69) is 39.1 Å². The zero-order valence-corrected chi connectivity index (χ0v) is 14.9. The monoisotopic (exact) mass is 334 g/mol. The first kappa shape index (κ1) is 17.5. The average molecular weight is 334 g/mol. The number of thiazole rings is 1. The first-order valence-electron chi connectivity index (χ1n) is 8.16. The standard InChI is InChI=1S/C16H26N6S/c1-4-5-6-7-8-11(2)19-15(17)22-16-21-14(10-23-16)13-9-18-12(3)20-13/h9-11H,4-8H2,1-3H3,(H,18,20)(H3,17,19,21,22). The number of nitrogens with zero attached hydrogens (tertiary/aromatic N) is 3. The van der Waals surface area contributed by atoms with Crippen LogP contribution in [-0.4, -0.2) is 27.0 Å². The molecular formula is C16H26N6S. The van der Waals surface area contributed by atoms with Gasteiger partial charge in [-0.25, -0.2) is 9.97 Å². The smallest absolute Gasteiger partial charge is 0.195 e. The summed E-state index contributed by atoms with van der Waals surface area (Å²) in [6.45, 7) is 6.24. The fourth-order valence-corrected chi connectivity index (χ4v) is 3.03. The molecule has 4 N–H and O–H groups in total. The molecule has 0 saturated heterocycles. The molecule has 0 amide bonds. The van der Waals surface area contributed by atoms with Crippen LogP contribution in [0.4, 0.5) is 5.13 Å². The van der Waals surface area contributed by atoms with E-state index in [-0.39, 0.29) is 6.04 Å². The van der Waals surface area contributed by atoms with Gasteiger partial charge in [-0.15, -0.1) is 11.3 Å². The number of rotatable bonds is 8. The van der Waals surface area contributed by atoms with Gasteiger partial charge in [0.25, 0.3) is 0 Å². The summed E-state index contributed by atoms with van der Waals surface area (Å²) in [5.41, 5.74) is 7.74. The van der Waals surface area contributed by atoms with E-state index in [9.17, 15) is 0 Å². The normalized spacial score (nSPS) is 13.3. The Morgan fingerprint density at radius 1 is 1.43 bits per heavy atom. The Kier molecular flexibility index (Phi) is 6.58. The molecule has 2 aromatic heterocycles. The lowest BCUT2D eigenvalue weighted by atomic mass is 10.1. The van der Waals surface area contributed by atoms with Crippen LogP contribution in [0.25, 0.3) is 11.4 Å². The minimum absolute atomic E-state index is 0.231. The summed E-state index contributed by atoms with van der Waals surface area (Å²) >= 11 is 1.50. The van der Waals surface area contributed by atoms with Gasteiger partial charge in [0.05, 0.1) is 17.9 Å². The van der Waals surface area contributed by atoms with Crippen molar-refractivity contribution in [1.29, 1.82) is 0 Å². The molecule has 7 heteroatoms. The van der Waals surface area contributed by atoms with Crippen molar-refractivity contribution in [3.8, 4) is 11.4 Å². The number of guanidine groups is 1. The van der Waals surface area contributed by atoms with E-state index in [0.29, 0.717) is 5.96 Å². The quantitative estimate of drug-likeness (QED) is 0.387. The van der Waals surface area contributed by atoms with Crippen LogP contribution in [-0.2, 0) is 0 Å². The van der Waals surface area contributed by atoms with E-state index in [1.54, 1.807) is 6.20 Å². The van der Waals surface area contributed by atoms with Crippen molar-refractivity contribution in [3.05, 3.63) is 17.4 Å². The van der Waals surface area contributed by atoms with Gasteiger partial charge in [0.15, 0.2) is 11.1 Å². The SMILES string of the molecule is CCCCCCC(C)N=C(N)Nc1nc(-c2cnc(C)[nH]2)cs1. The first-order valence-corrected chi connectivity index (χ1v) is 9.04. The highest BCUT2D eigenvalue weighted by molar-refractivity contribution is 7.14. The van der Waals surface area contributed by atoms with Gasteiger partial charge in [0.2, 0.25) is 0 Å². The Morgan fingerprint density at radius 2 is 2.26 bits per heavy atom. The minimum atomic E-state index is 0.231. The lowest BCUT2D eigenvalue weighted by molar-refractivity contribution is 0.576. The molecule has 0 spiro atoms. The molecule has 0 aliphatic rings. The molecule has 0 aromatic carbocycles. The number of aromatic amines is 1. The summed E-state index contributed by atoms with van der Waals surface area (Å²) in [5, 5.41) is 5.78. The summed E-state index contributed by atoms with van der Waals surface area (Å²) in [6, 6.07) is 0.231. The molecule has 2 heterocycles. The van der Waals surface area contributed by atoms with Crippen LogP contribution in [0, 0.1) is 6.92 Å². The van der Waals surface area contributed by atoms with Crippen LogP contribution in [0.15, 0.2) is 16.6 Å². The van der Waals surface area contributed by atoms with Gasteiger partial charge < -0.3 is 16.0 Å². The molecule has 2 aromatic rings. The summed E-state index contributed by atoms with van der Waals surface area (Å²) in [4.78, 5) is 16.3. The van der Waals surface area contributed by atoms with Crippen LogP contribution < -0.4 is 11.1 Å². The second kappa shape index (κ2) is 8.67. The Morgan fingerprint density at radius 3 is 2.96 bits per heavy atom. The number of hydrogen-bond acceptors (Lipinski definition) is 4. The first-order chi connectivity index (χ1) is 11.1. The van der Waals surface area contributed by atoms with Crippen molar-refractivity contribution < 1.29 is 0 Å². The fourth-order valence-electron chi connectivity index (χ4n) is 2.32. The lowest BCUT2D eigenvalue weighted by Crippen LogP contribution is -2.24. The Labute approximate surface area is 141 Å². The van der Waals surface area contributed by atoms with Gasteiger partial charge in [0.1, 0.15) is 11.5 Å². The lowest BCUT2D eigenvalue weighted by Gasteiger charge is -2.08. The topological polar surface area (TPSA) is 92.0 Å². The molecule has 1 unspecified atom stereocenters. The van der Waals surface area contributed by atoms with E-state index in [1.807, 2.05) is 12.3 Å². The van der Waals surface area contributed by atoms with Crippen molar-refractivity contribution in [2.24, 2.45) is 10.7 Å². The van der Waals surface area contributed by atoms with E-state index in [1.165, 1.54) is 37.0 Å². The highest BCUT2D eigenvalue weighted by Crippen LogP contribution is 2.23. The number of aryl methyl sites for hydroxylation is 1. The summed E-state index contributed by atoms with van der Waals surface area (Å²) in [6.07, 6.45) is 7.86. The summed E-state index contributed by atoms with van der Waals surface area (Å²) in [5.74, 6) is 1.30. The molecular weight excluding hydrogens is 308 g/mol. The van der Waals surface area contributed by atoms with E-state index < -0.39 is 0 Å². The number of anilines is 1. The van der Waals surface area contributed by atoms with Crippen molar-refractivity contribution in [3.63, 3.8) is 0 Å². The molecule has 0 fully saturated rings. The zero-order chi connectivity index (χ0) is 16.7. The van der Waals surface area contributed by atoms with Gasteiger partial charge in [-0.1, -0.05) is 32.6 Å². The number of nitrogens with one attached hydrogen (secondary N) is 2. The average Bonchev–Trinajstić information content (AvgIpc) is 3.12. The second-order valence-corrected chi connectivity index (χ2v) is 6.62. The van der Waals surface area contributed by atoms with Crippen LogP contribution in [0.5, 0.6) is 0 Å². The second-order valence-electron chi connectivity index (χ2n) is 5.76. The van der Waals surface area contributed by atoms with Crippen molar-refractivity contribution >= 4 is 22.4 Å². The van der Waals surface area contributed by atoms with Gasteiger partial charge in [-0.2, -0.15) is 0 Å². The Bertz CT molecular complexity index is 630. The number of aliphatic imine (C=N–C) groups is 1. The maximum Gasteiger partial charge on any atom is 0.195 e. The molecule has 6 nitrogen and oxygen atoms in total. The number of hydrogen-bond donors (Lipinski definition) is 3. The number of H-pyrrole nitrogens is 1. The van der Waals surface area contributed by atoms with Gasteiger partial charge in [-0.05, 0) is 20.3 Å². The van der Waals surface area contributed by atoms with Crippen LogP contribution >= 0.6 is 11.3 Å². The third-order valence-electron chi connectivity index (χ3n) is 3.55. The maximum absolute atomic E-state index is 5.97. The van der Waals surface area contributed by atoms with E-state index >= 15 is 0 Å². The summed E-state index contributed by atoms with van der Waals surface area (Å²) < 4.78 is 0. The fraction of sp³-hybridized carbons (Fsp3) is 0.562. The Balaban J connectivity index is 1.86.